The zero-order valence-corrected chi connectivity index (χ0v) is 14.7. The quantitative estimate of drug-likeness (QED) is 0.780. The number of hydrogen-bond donors (Lipinski definition) is 1. The van der Waals surface area contributed by atoms with Crippen LogP contribution >= 0.6 is 22.9 Å². The average Bonchev–Trinajstić information content (AvgIpc) is 2.92. The molecule has 0 saturated heterocycles. The van der Waals surface area contributed by atoms with Crippen LogP contribution in [-0.4, -0.2) is 24.6 Å². The van der Waals surface area contributed by atoms with Gasteiger partial charge in [-0.15, -0.1) is 11.3 Å². The summed E-state index contributed by atoms with van der Waals surface area (Å²) in [4.78, 5) is 14.7. The number of halogens is 3. The molecule has 1 aromatic carbocycles. The molecule has 0 aliphatic carbocycles. The van der Waals surface area contributed by atoms with Crippen LogP contribution < -0.4 is 10.1 Å². The van der Waals surface area contributed by atoms with Crippen LogP contribution in [0.25, 0.3) is 0 Å². The Balaban J connectivity index is 1.90. The monoisotopic (exact) mass is 374 g/mol. The van der Waals surface area contributed by atoms with Crippen molar-refractivity contribution in [1.29, 1.82) is 0 Å². The summed E-state index contributed by atoms with van der Waals surface area (Å²) in [5.74, 6) is 0.0824. The van der Waals surface area contributed by atoms with Crippen LogP contribution in [0.1, 0.15) is 23.4 Å². The topological polar surface area (TPSA) is 41.6 Å². The van der Waals surface area contributed by atoms with Gasteiger partial charge in [0.1, 0.15) is 5.75 Å². The molecule has 0 radical (unpaired) electrons. The second-order valence-electron chi connectivity index (χ2n) is 5.18. The standard InChI is InChI=1S/C16H17ClF2N2O2S/c1-10(11-3-5-12(6-4-11)23-15(18)19)20-16(22)21(2)9-13-7-8-14(17)24-13/h3-8,10,15H,9H2,1-2H3,(H,20,22). The molecule has 0 fully saturated rings. The summed E-state index contributed by atoms with van der Waals surface area (Å²) in [6.07, 6.45) is 0. The SMILES string of the molecule is CC(NC(=O)N(C)Cc1ccc(Cl)s1)c1ccc(OC(F)F)cc1. The Morgan fingerprint density at radius 3 is 2.50 bits per heavy atom. The normalized spacial score (nSPS) is 12.1. The van der Waals surface area contributed by atoms with Gasteiger partial charge in [0.15, 0.2) is 0 Å². The summed E-state index contributed by atoms with van der Waals surface area (Å²) in [5.41, 5.74) is 0.789. The number of rotatable bonds is 6. The molecule has 1 aromatic heterocycles. The Morgan fingerprint density at radius 2 is 1.96 bits per heavy atom. The van der Waals surface area contributed by atoms with Gasteiger partial charge in [0.2, 0.25) is 0 Å². The molecule has 1 N–H and O–H groups in total. The number of hydrogen-bond acceptors (Lipinski definition) is 3. The number of urea groups is 1. The smallest absolute Gasteiger partial charge is 0.387 e. The van der Waals surface area contributed by atoms with Crippen molar-refractivity contribution < 1.29 is 18.3 Å². The predicted molar refractivity (Wildman–Crippen MR) is 90.8 cm³/mol. The highest BCUT2D eigenvalue weighted by molar-refractivity contribution is 7.16. The summed E-state index contributed by atoms with van der Waals surface area (Å²) in [5, 5.41) is 2.85. The van der Waals surface area contributed by atoms with Crippen molar-refractivity contribution in [1.82, 2.24) is 10.2 Å². The Morgan fingerprint density at radius 1 is 1.29 bits per heavy atom. The Hall–Kier alpha value is -1.86. The molecular weight excluding hydrogens is 358 g/mol. The first kappa shape index (κ1) is 18.5. The maximum atomic E-state index is 12.2. The molecule has 0 bridgehead atoms. The van der Waals surface area contributed by atoms with Crippen molar-refractivity contribution in [3.8, 4) is 5.75 Å². The van der Waals surface area contributed by atoms with Gasteiger partial charge in [-0.3, -0.25) is 0 Å². The number of nitrogens with one attached hydrogen (secondary N) is 1. The van der Waals surface area contributed by atoms with Gasteiger partial charge in [0, 0.05) is 11.9 Å². The number of benzene rings is 1. The number of amides is 2. The first-order valence-electron chi connectivity index (χ1n) is 7.15. The maximum Gasteiger partial charge on any atom is 0.387 e. The van der Waals surface area contributed by atoms with E-state index in [1.165, 1.54) is 23.5 Å². The first-order valence-corrected chi connectivity index (χ1v) is 8.35. The lowest BCUT2D eigenvalue weighted by molar-refractivity contribution is -0.0498. The van der Waals surface area contributed by atoms with Gasteiger partial charge in [-0.25, -0.2) is 4.79 Å². The summed E-state index contributed by atoms with van der Waals surface area (Å²) in [6.45, 7) is -0.583. The molecule has 0 aliphatic heterocycles. The Bertz CT molecular complexity index is 679. The molecule has 1 heterocycles. The summed E-state index contributed by atoms with van der Waals surface area (Å²) in [6, 6.07) is 9.33. The van der Waals surface area contributed by atoms with E-state index >= 15 is 0 Å². The van der Waals surface area contributed by atoms with E-state index in [2.05, 4.69) is 10.1 Å². The molecule has 1 atom stereocenters. The molecule has 2 amide bonds. The third-order valence-electron chi connectivity index (χ3n) is 3.31. The van der Waals surface area contributed by atoms with E-state index in [0.717, 1.165) is 10.4 Å². The van der Waals surface area contributed by atoms with E-state index in [4.69, 9.17) is 11.6 Å². The fourth-order valence-corrected chi connectivity index (χ4v) is 3.20. The van der Waals surface area contributed by atoms with Gasteiger partial charge in [-0.2, -0.15) is 8.78 Å². The van der Waals surface area contributed by atoms with Gasteiger partial charge in [-0.05, 0) is 36.8 Å². The molecule has 2 aromatic rings. The predicted octanol–water partition coefficient (Wildman–Crippen LogP) is 4.91. The minimum atomic E-state index is -2.85. The van der Waals surface area contributed by atoms with E-state index in [0.29, 0.717) is 10.9 Å². The van der Waals surface area contributed by atoms with Crippen LogP contribution in [0.5, 0.6) is 5.75 Å². The minimum Gasteiger partial charge on any atom is -0.435 e. The van der Waals surface area contributed by atoms with Gasteiger partial charge in [0.25, 0.3) is 0 Å². The second-order valence-corrected chi connectivity index (χ2v) is 6.98. The molecule has 0 saturated carbocycles. The molecule has 8 heteroatoms. The summed E-state index contributed by atoms with van der Waals surface area (Å²) >= 11 is 7.30. The molecule has 130 valence electrons. The highest BCUT2D eigenvalue weighted by Crippen LogP contribution is 2.23. The molecular formula is C16H17ClF2N2O2S. The van der Waals surface area contributed by atoms with Crippen molar-refractivity contribution in [2.24, 2.45) is 0 Å². The van der Waals surface area contributed by atoms with Crippen LogP contribution in [0.3, 0.4) is 0 Å². The van der Waals surface area contributed by atoms with Crippen molar-refractivity contribution >= 4 is 29.0 Å². The lowest BCUT2D eigenvalue weighted by Gasteiger charge is -2.21. The third kappa shape index (κ3) is 5.35. The fraction of sp³-hybridized carbons (Fsp3) is 0.312. The lowest BCUT2D eigenvalue weighted by Crippen LogP contribution is -2.38. The van der Waals surface area contributed by atoms with Crippen LogP contribution in [0.15, 0.2) is 36.4 Å². The zero-order chi connectivity index (χ0) is 17.7. The zero-order valence-electron chi connectivity index (χ0n) is 13.1. The first-order chi connectivity index (χ1) is 11.3. The van der Waals surface area contributed by atoms with E-state index < -0.39 is 6.61 Å². The van der Waals surface area contributed by atoms with Gasteiger partial charge < -0.3 is 15.0 Å². The summed E-state index contributed by atoms with van der Waals surface area (Å²) in [7, 11) is 1.69. The molecule has 0 aliphatic rings. The lowest BCUT2D eigenvalue weighted by atomic mass is 10.1. The number of nitrogens with zero attached hydrogens (tertiary/aromatic N) is 1. The second kappa shape index (κ2) is 8.30. The van der Waals surface area contributed by atoms with Crippen LogP contribution in [0, 0.1) is 0 Å². The van der Waals surface area contributed by atoms with Crippen LogP contribution in [0.4, 0.5) is 13.6 Å². The fourth-order valence-electron chi connectivity index (χ4n) is 2.06. The Labute approximate surface area is 148 Å². The third-order valence-corrected chi connectivity index (χ3v) is 4.53. The molecule has 1 unspecified atom stereocenters. The van der Waals surface area contributed by atoms with Crippen molar-refractivity contribution in [3.63, 3.8) is 0 Å². The molecule has 2 rings (SSSR count). The number of carbonyl (C=O) groups excluding carboxylic acids is 1. The van der Waals surface area contributed by atoms with E-state index in [-0.39, 0.29) is 17.8 Å². The highest BCUT2D eigenvalue weighted by Gasteiger charge is 2.15. The van der Waals surface area contributed by atoms with Crippen LogP contribution in [-0.2, 0) is 6.54 Å². The van der Waals surface area contributed by atoms with Crippen molar-refractivity contribution in [3.05, 3.63) is 51.2 Å². The van der Waals surface area contributed by atoms with E-state index in [1.54, 1.807) is 30.1 Å². The highest BCUT2D eigenvalue weighted by atomic mass is 35.5. The number of carbonyl (C=O) groups is 1. The minimum absolute atomic E-state index is 0.0824. The number of ether oxygens (including phenoxy) is 1. The van der Waals surface area contributed by atoms with Crippen LogP contribution in [0.2, 0.25) is 4.34 Å². The molecule has 24 heavy (non-hydrogen) atoms. The van der Waals surface area contributed by atoms with Gasteiger partial charge in [-0.1, -0.05) is 23.7 Å². The van der Waals surface area contributed by atoms with E-state index in [1.807, 2.05) is 13.0 Å². The Kier molecular flexibility index (Phi) is 6.39. The largest absolute Gasteiger partial charge is 0.435 e. The summed E-state index contributed by atoms with van der Waals surface area (Å²) < 4.78 is 29.2. The van der Waals surface area contributed by atoms with Gasteiger partial charge in [0.05, 0.1) is 16.9 Å². The number of thiophene rings is 1. The maximum absolute atomic E-state index is 12.2. The average molecular weight is 375 g/mol. The molecule has 4 nitrogen and oxygen atoms in total. The molecule has 0 spiro atoms. The van der Waals surface area contributed by atoms with Gasteiger partial charge >= 0.3 is 12.6 Å². The van der Waals surface area contributed by atoms with E-state index in [9.17, 15) is 13.6 Å². The number of alkyl halides is 2. The van der Waals surface area contributed by atoms with Crippen molar-refractivity contribution in [2.75, 3.05) is 7.05 Å². The van der Waals surface area contributed by atoms with Crippen molar-refractivity contribution in [2.45, 2.75) is 26.1 Å².